The number of rotatable bonds is 5. The molecule has 0 aromatic heterocycles. The lowest BCUT2D eigenvalue weighted by atomic mass is 9.92. The number of nitrogens with zero attached hydrogens (tertiary/aromatic N) is 3. The average molecular weight is 408 g/mol. The van der Waals surface area contributed by atoms with Gasteiger partial charge in [0.25, 0.3) is 5.91 Å². The van der Waals surface area contributed by atoms with Crippen LogP contribution in [0.3, 0.4) is 0 Å². The zero-order valence-electron chi connectivity index (χ0n) is 17.0. The van der Waals surface area contributed by atoms with Gasteiger partial charge in [-0.25, -0.2) is 4.79 Å². The van der Waals surface area contributed by atoms with Crippen LogP contribution in [0.25, 0.3) is 0 Å². The molecule has 2 heterocycles. The number of methoxy groups -OCH3 is 1. The van der Waals surface area contributed by atoms with E-state index >= 15 is 0 Å². The smallest absolute Gasteiger partial charge is 0.346 e. The third-order valence-electron chi connectivity index (χ3n) is 5.43. The Balaban J connectivity index is 1.48. The van der Waals surface area contributed by atoms with Crippen LogP contribution in [0.2, 0.25) is 0 Å². The Morgan fingerprint density at radius 3 is 2.37 bits per heavy atom. The summed E-state index contributed by atoms with van der Waals surface area (Å²) in [4.78, 5) is 27.6. The average Bonchev–Trinajstić information content (AvgIpc) is 3.02. The third-order valence-corrected chi connectivity index (χ3v) is 5.43. The van der Waals surface area contributed by atoms with Gasteiger partial charge in [-0.1, -0.05) is 24.3 Å². The molecule has 0 saturated carbocycles. The SMILES string of the molecule is COc1ccc([C@@]2(C)NC(=O)N(/N=C\c3ccc(N4CCOCC4)cc3)C2=O)cc1. The molecule has 0 unspecified atom stereocenters. The molecule has 2 aromatic carbocycles. The minimum atomic E-state index is -1.18. The summed E-state index contributed by atoms with van der Waals surface area (Å²) >= 11 is 0. The summed E-state index contributed by atoms with van der Waals surface area (Å²) in [6.07, 6.45) is 1.51. The van der Waals surface area contributed by atoms with Crippen molar-refractivity contribution in [3.63, 3.8) is 0 Å². The normalized spacial score (nSPS) is 21.9. The number of imide groups is 1. The molecule has 30 heavy (non-hydrogen) atoms. The van der Waals surface area contributed by atoms with Crippen molar-refractivity contribution in [3.8, 4) is 5.75 Å². The number of ether oxygens (including phenoxy) is 2. The highest BCUT2D eigenvalue weighted by Gasteiger charge is 2.49. The van der Waals surface area contributed by atoms with Crippen molar-refractivity contribution in [1.29, 1.82) is 0 Å². The van der Waals surface area contributed by atoms with Gasteiger partial charge in [0.2, 0.25) is 0 Å². The van der Waals surface area contributed by atoms with E-state index in [1.54, 1.807) is 38.3 Å². The highest BCUT2D eigenvalue weighted by Crippen LogP contribution is 2.30. The second kappa shape index (κ2) is 8.16. The van der Waals surface area contributed by atoms with E-state index in [9.17, 15) is 9.59 Å². The number of carbonyl (C=O) groups is 2. The molecule has 0 spiro atoms. The lowest BCUT2D eigenvalue weighted by Crippen LogP contribution is -2.40. The Hall–Kier alpha value is -3.39. The first-order valence-electron chi connectivity index (χ1n) is 9.79. The van der Waals surface area contributed by atoms with Crippen LogP contribution in [0.5, 0.6) is 5.75 Å². The summed E-state index contributed by atoms with van der Waals surface area (Å²) in [5.74, 6) is 0.244. The van der Waals surface area contributed by atoms with Gasteiger partial charge in [-0.3, -0.25) is 4.79 Å². The number of carbonyl (C=O) groups excluding carboxylic acids is 2. The quantitative estimate of drug-likeness (QED) is 0.607. The van der Waals surface area contributed by atoms with Gasteiger partial charge < -0.3 is 19.7 Å². The van der Waals surface area contributed by atoms with Crippen LogP contribution in [0.1, 0.15) is 18.1 Å². The molecule has 8 nitrogen and oxygen atoms in total. The van der Waals surface area contributed by atoms with Gasteiger partial charge >= 0.3 is 6.03 Å². The van der Waals surface area contributed by atoms with Crippen molar-refractivity contribution in [1.82, 2.24) is 10.3 Å². The van der Waals surface area contributed by atoms with E-state index in [-0.39, 0.29) is 0 Å². The lowest BCUT2D eigenvalue weighted by Gasteiger charge is -2.28. The van der Waals surface area contributed by atoms with Crippen molar-refractivity contribution >= 4 is 23.8 Å². The van der Waals surface area contributed by atoms with Crippen LogP contribution < -0.4 is 15.0 Å². The van der Waals surface area contributed by atoms with Crippen molar-refractivity contribution in [2.75, 3.05) is 38.3 Å². The molecule has 4 rings (SSSR count). The molecule has 3 amide bonds. The molecule has 2 aromatic rings. The maximum absolute atomic E-state index is 13.0. The second-order valence-corrected chi connectivity index (χ2v) is 7.34. The Labute approximate surface area is 175 Å². The predicted molar refractivity (Wildman–Crippen MR) is 113 cm³/mol. The highest BCUT2D eigenvalue weighted by atomic mass is 16.5. The van der Waals surface area contributed by atoms with E-state index in [1.165, 1.54) is 6.21 Å². The second-order valence-electron chi connectivity index (χ2n) is 7.34. The molecule has 0 aliphatic carbocycles. The molecule has 1 atom stereocenters. The highest BCUT2D eigenvalue weighted by molar-refractivity contribution is 6.07. The summed E-state index contributed by atoms with van der Waals surface area (Å²) in [6, 6.07) is 14.3. The van der Waals surface area contributed by atoms with E-state index in [1.807, 2.05) is 24.3 Å². The van der Waals surface area contributed by atoms with Crippen LogP contribution >= 0.6 is 0 Å². The van der Waals surface area contributed by atoms with E-state index < -0.39 is 17.5 Å². The molecule has 2 aliphatic heterocycles. The summed E-state index contributed by atoms with van der Waals surface area (Å²) in [5, 5.41) is 7.75. The number of hydrazone groups is 1. The van der Waals surface area contributed by atoms with Crippen molar-refractivity contribution < 1.29 is 19.1 Å². The van der Waals surface area contributed by atoms with Crippen LogP contribution in [0.15, 0.2) is 53.6 Å². The van der Waals surface area contributed by atoms with E-state index in [4.69, 9.17) is 9.47 Å². The zero-order chi connectivity index (χ0) is 21.1. The summed E-state index contributed by atoms with van der Waals surface area (Å²) in [6.45, 7) is 4.84. The molecular formula is C22H24N4O4. The summed E-state index contributed by atoms with van der Waals surface area (Å²) < 4.78 is 10.5. The van der Waals surface area contributed by atoms with E-state index in [0.717, 1.165) is 42.6 Å². The zero-order valence-corrected chi connectivity index (χ0v) is 17.0. The summed E-state index contributed by atoms with van der Waals surface area (Å²) in [5.41, 5.74) is 1.39. The molecule has 2 saturated heterocycles. The Kier molecular flexibility index (Phi) is 5.41. The maximum atomic E-state index is 13.0. The topological polar surface area (TPSA) is 83.5 Å². The van der Waals surface area contributed by atoms with Gasteiger partial charge in [-0.15, -0.1) is 5.01 Å². The molecule has 1 N–H and O–H groups in total. The van der Waals surface area contributed by atoms with Gasteiger partial charge in [-0.2, -0.15) is 5.10 Å². The minimum Gasteiger partial charge on any atom is -0.497 e. The standard InChI is InChI=1S/C22H24N4O4/c1-22(17-5-9-19(29-2)10-6-17)20(27)26(21(28)24-22)23-15-16-3-7-18(8-4-16)25-11-13-30-14-12-25/h3-10,15H,11-14H2,1-2H3,(H,24,28)/b23-15-/t22-/m1/s1. The van der Waals surface area contributed by atoms with E-state index in [2.05, 4.69) is 15.3 Å². The number of urea groups is 1. The number of hydrogen-bond donors (Lipinski definition) is 1. The van der Waals surface area contributed by atoms with Crippen LogP contribution in [0, 0.1) is 0 Å². The fourth-order valence-electron chi connectivity index (χ4n) is 3.57. The van der Waals surface area contributed by atoms with Gasteiger partial charge in [0.15, 0.2) is 0 Å². The monoisotopic (exact) mass is 408 g/mol. The number of benzene rings is 2. The molecule has 0 radical (unpaired) electrons. The Morgan fingerprint density at radius 1 is 1.07 bits per heavy atom. The van der Waals surface area contributed by atoms with Gasteiger partial charge in [0.05, 0.1) is 26.5 Å². The maximum Gasteiger partial charge on any atom is 0.346 e. The summed E-state index contributed by atoms with van der Waals surface area (Å²) in [7, 11) is 1.57. The van der Waals surface area contributed by atoms with Crippen LogP contribution in [0.4, 0.5) is 10.5 Å². The number of morpholine rings is 1. The fourth-order valence-corrected chi connectivity index (χ4v) is 3.57. The fraction of sp³-hybridized carbons (Fsp3) is 0.318. The van der Waals surface area contributed by atoms with E-state index in [0.29, 0.717) is 11.3 Å². The molecule has 2 fully saturated rings. The molecule has 2 aliphatic rings. The first-order chi connectivity index (χ1) is 14.5. The largest absolute Gasteiger partial charge is 0.497 e. The Morgan fingerprint density at radius 2 is 1.73 bits per heavy atom. The van der Waals surface area contributed by atoms with Crippen molar-refractivity contribution in [2.45, 2.75) is 12.5 Å². The lowest BCUT2D eigenvalue weighted by molar-refractivity contribution is -0.131. The molecule has 156 valence electrons. The minimum absolute atomic E-state index is 0.432. The van der Waals surface area contributed by atoms with Gasteiger partial charge in [0, 0.05) is 18.8 Å². The first-order valence-corrected chi connectivity index (χ1v) is 9.79. The number of nitrogens with one attached hydrogen (secondary N) is 1. The number of hydrogen-bond acceptors (Lipinski definition) is 6. The Bertz CT molecular complexity index is 952. The molecule has 0 bridgehead atoms. The van der Waals surface area contributed by atoms with Gasteiger partial charge in [-0.05, 0) is 42.3 Å². The molecule has 8 heteroatoms. The number of amides is 3. The third kappa shape index (κ3) is 3.73. The molecular weight excluding hydrogens is 384 g/mol. The van der Waals surface area contributed by atoms with Crippen molar-refractivity contribution in [2.24, 2.45) is 5.10 Å². The number of anilines is 1. The first kappa shape index (κ1) is 19.9. The van der Waals surface area contributed by atoms with Crippen molar-refractivity contribution in [3.05, 3.63) is 59.7 Å². The van der Waals surface area contributed by atoms with Crippen LogP contribution in [-0.4, -0.2) is 56.6 Å². The van der Waals surface area contributed by atoms with Gasteiger partial charge in [0.1, 0.15) is 11.3 Å². The van der Waals surface area contributed by atoms with Crippen LogP contribution in [-0.2, 0) is 15.1 Å². The predicted octanol–water partition coefficient (Wildman–Crippen LogP) is 2.33.